The van der Waals surface area contributed by atoms with E-state index in [1.807, 2.05) is 67.1 Å². The third kappa shape index (κ3) is 6.70. The van der Waals surface area contributed by atoms with Gasteiger partial charge in [0.05, 0.1) is 6.42 Å². The quantitative estimate of drug-likeness (QED) is 0.267. The zero-order valence-corrected chi connectivity index (χ0v) is 19.4. The first-order chi connectivity index (χ1) is 15.5. The minimum absolute atomic E-state index is 0.0975. The number of hydrogen-bond donors (Lipinski definition) is 2. The number of carbonyl (C=O) groups is 2. The molecule has 0 aliphatic carbocycles. The van der Waals surface area contributed by atoms with Crippen LogP contribution >= 0.6 is 23.5 Å². The second-order valence-corrected chi connectivity index (χ2v) is 8.40. The highest BCUT2D eigenvalue weighted by atomic mass is 32.2. The summed E-state index contributed by atoms with van der Waals surface area (Å²) in [6.45, 7) is 0. The number of benzene rings is 2. The Balaban J connectivity index is 1.68. The Morgan fingerprint density at radius 3 is 2.16 bits per heavy atom. The summed E-state index contributed by atoms with van der Waals surface area (Å²) in [6.07, 6.45) is 7.44. The minimum atomic E-state index is -0.900. The lowest BCUT2D eigenvalue weighted by molar-refractivity contribution is -0.136. The van der Waals surface area contributed by atoms with Crippen molar-refractivity contribution in [2.24, 2.45) is 0 Å². The molecule has 0 aliphatic heterocycles. The molecule has 0 aliphatic rings. The maximum atomic E-state index is 12.1. The molecule has 6 nitrogen and oxygen atoms in total. The van der Waals surface area contributed by atoms with Gasteiger partial charge in [0.15, 0.2) is 0 Å². The molecule has 0 spiro atoms. The van der Waals surface area contributed by atoms with Crippen LogP contribution in [0.2, 0.25) is 0 Å². The molecule has 2 N–H and O–H groups in total. The van der Waals surface area contributed by atoms with Gasteiger partial charge in [0, 0.05) is 23.7 Å². The van der Waals surface area contributed by atoms with Gasteiger partial charge in [-0.25, -0.2) is 9.97 Å². The van der Waals surface area contributed by atoms with Crippen molar-refractivity contribution in [3.05, 3.63) is 83.2 Å². The van der Waals surface area contributed by atoms with Crippen LogP contribution in [0.25, 0.3) is 6.08 Å². The molecule has 2 aromatic carbocycles. The smallest absolute Gasteiger partial charge is 0.308 e. The largest absolute Gasteiger partial charge is 0.481 e. The van der Waals surface area contributed by atoms with Crippen LogP contribution < -0.4 is 5.32 Å². The third-order valence-corrected chi connectivity index (χ3v) is 5.95. The van der Waals surface area contributed by atoms with Gasteiger partial charge in [0.1, 0.15) is 15.9 Å². The predicted molar refractivity (Wildman–Crippen MR) is 130 cm³/mol. The van der Waals surface area contributed by atoms with Gasteiger partial charge in [-0.1, -0.05) is 42.5 Å². The van der Waals surface area contributed by atoms with E-state index in [4.69, 9.17) is 0 Å². The normalized spacial score (nSPS) is 10.9. The number of carbonyl (C=O) groups excluding carboxylic acids is 1. The number of nitrogens with one attached hydrogen (secondary N) is 1. The van der Waals surface area contributed by atoms with Crippen LogP contribution in [0.3, 0.4) is 0 Å². The van der Waals surface area contributed by atoms with E-state index in [0.717, 1.165) is 11.1 Å². The van der Waals surface area contributed by atoms with Gasteiger partial charge < -0.3 is 10.4 Å². The molecule has 8 heteroatoms. The molecular weight excluding hydrogens is 442 g/mol. The van der Waals surface area contributed by atoms with Crippen LogP contribution in [0.4, 0.5) is 5.69 Å². The van der Waals surface area contributed by atoms with Crippen molar-refractivity contribution < 1.29 is 14.7 Å². The molecule has 3 aromatic rings. The SMILES string of the molecule is CSc1nc(Cc2ccc(NC(=O)C=Cc3ccccc3)cc2)nc(SC)c1CC(=O)O. The Morgan fingerprint density at radius 2 is 1.59 bits per heavy atom. The lowest BCUT2D eigenvalue weighted by Gasteiger charge is -2.12. The summed E-state index contributed by atoms with van der Waals surface area (Å²) in [5, 5.41) is 13.4. The first kappa shape index (κ1) is 23.6. The maximum absolute atomic E-state index is 12.1. The van der Waals surface area contributed by atoms with Crippen molar-refractivity contribution in [1.82, 2.24) is 9.97 Å². The van der Waals surface area contributed by atoms with Crippen molar-refractivity contribution in [2.75, 3.05) is 17.8 Å². The molecule has 3 rings (SSSR count). The van der Waals surface area contributed by atoms with Crippen molar-refractivity contribution in [3.63, 3.8) is 0 Å². The fourth-order valence-electron chi connectivity index (χ4n) is 3.01. The molecule has 0 fully saturated rings. The highest BCUT2D eigenvalue weighted by Gasteiger charge is 2.16. The molecule has 0 atom stereocenters. The molecule has 1 amide bonds. The van der Waals surface area contributed by atoms with E-state index < -0.39 is 5.97 Å². The molecule has 164 valence electrons. The van der Waals surface area contributed by atoms with Gasteiger partial charge in [-0.3, -0.25) is 9.59 Å². The summed E-state index contributed by atoms with van der Waals surface area (Å²) >= 11 is 2.84. The van der Waals surface area contributed by atoms with Gasteiger partial charge in [0.2, 0.25) is 5.91 Å². The Kier molecular flexibility index (Phi) is 8.47. The average Bonchev–Trinajstić information content (AvgIpc) is 2.80. The lowest BCUT2D eigenvalue weighted by Crippen LogP contribution is -2.09. The second-order valence-electron chi connectivity index (χ2n) is 6.81. The van der Waals surface area contributed by atoms with E-state index >= 15 is 0 Å². The van der Waals surface area contributed by atoms with Gasteiger partial charge in [0.25, 0.3) is 0 Å². The predicted octanol–water partition coefficient (Wildman–Crippen LogP) is 4.79. The zero-order valence-electron chi connectivity index (χ0n) is 17.7. The number of carboxylic acids is 1. The summed E-state index contributed by atoms with van der Waals surface area (Å²) in [7, 11) is 0. The van der Waals surface area contributed by atoms with Crippen LogP contribution in [0, 0.1) is 0 Å². The van der Waals surface area contributed by atoms with E-state index in [-0.39, 0.29) is 12.3 Å². The second kappa shape index (κ2) is 11.5. The number of aromatic nitrogens is 2. The molecule has 1 heterocycles. The monoisotopic (exact) mass is 465 g/mol. The van der Waals surface area contributed by atoms with Crippen LogP contribution in [0.1, 0.15) is 22.5 Å². The number of rotatable bonds is 9. The van der Waals surface area contributed by atoms with E-state index in [0.29, 0.717) is 33.5 Å². The maximum Gasteiger partial charge on any atom is 0.308 e. The standard InChI is InChI=1S/C24H23N3O3S2/c1-31-23-19(15-22(29)30)24(32-2)27-20(26-23)14-17-8-11-18(12-9-17)25-21(28)13-10-16-6-4-3-5-7-16/h3-13H,14-15H2,1-2H3,(H,25,28)(H,29,30). The fraction of sp³-hybridized carbons (Fsp3) is 0.167. The van der Waals surface area contributed by atoms with Crippen LogP contribution in [0.5, 0.6) is 0 Å². The van der Waals surface area contributed by atoms with Crippen molar-refractivity contribution in [3.8, 4) is 0 Å². The Morgan fingerprint density at radius 1 is 0.969 bits per heavy atom. The third-order valence-electron chi connectivity index (χ3n) is 4.50. The first-order valence-electron chi connectivity index (χ1n) is 9.81. The van der Waals surface area contributed by atoms with E-state index in [9.17, 15) is 14.7 Å². The molecule has 0 saturated heterocycles. The molecule has 0 saturated carbocycles. The molecule has 32 heavy (non-hydrogen) atoms. The fourth-order valence-corrected chi connectivity index (χ4v) is 4.30. The number of thioether (sulfide) groups is 2. The number of anilines is 1. The number of carboxylic acid groups (broad SMARTS) is 1. The summed E-state index contributed by atoms with van der Waals surface area (Å²) in [5.74, 6) is -0.466. The summed E-state index contributed by atoms with van der Waals surface area (Å²) in [5.41, 5.74) is 3.31. The van der Waals surface area contributed by atoms with Crippen LogP contribution in [0.15, 0.2) is 70.7 Å². The van der Waals surface area contributed by atoms with E-state index in [1.165, 1.54) is 29.6 Å². The number of nitrogens with zero attached hydrogens (tertiary/aromatic N) is 2. The average molecular weight is 466 g/mol. The first-order valence-corrected chi connectivity index (χ1v) is 12.3. The summed E-state index contributed by atoms with van der Waals surface area (Å²) in [4.78, 5) is 32.5. The molecule has 1 aromatic heterocycles. The Labute approximate surface area is 195 Å². The number of amides is 1. The Bertz CT molecular complexity index is 1090. The summed E-state index contributed by atoms with van der Waals surface area (Å²) in [6, 6.07) is 17.2. The van der Waals surface area contributed by atoms with Crippen molar-refractivity contribution in [2.45, 2.75) is 22.9 Å². The van der Waals surface area contributed by atoms with E-state index in [1.54, 1.807) is 6.08 Å². The Hall–Kier alpha value is -3.10. The van der Waals surface area contributed by atoms with Gasteiger partial charge in [-0.15, -0.1) is 23.5 Å². The molecule has 0 radical (unpaired) electrons. The minimum Gasteiger partial charge on any atom is -0.481 e. The number of aliphatic carboxylic acids is 1. The van der Waals surface area contributed by atoms with Crippen molar-refractivity contribution in [1.29, 1.82) is 0 Å². The van der Waals surface area contributed by atoms with Crippen LogP contribution in [-0.4, -0.2) is 39.5 Å². The lowest BCUT2D eigenvalue weighted by atomic mass is 10.1. The van der Waals surface area contributed by atoms with E-state index in [2.05, 4.69) is 15.3 Å². The van der Waals surface area contributed by atoms with Gasteiger partial charge >= 0.3 is 5.97 Å². The zero-order chi connectivity index (χ0) is 22.9. The van der Waals surface area contributed by atoms with Gasteiger partial charge in [-0.05, 0) is 41.8 Å². The number of hydrogen-bond acceptors (Lipinski definition) is 6. The summed E-state index contributed by atoms with van der Waals surface area (Å²) < 4.78 is 0. The van der Waals surface area contributed by atoms with Crippen LogP contribution in [-0.2, 0) is 22.4 Å². The highest BCUT2D eigenvalue weighted by molar-refractivity contribution is 7.99. The molecule has 0 bridgehead atoms. The van der Waals surface area contributed by atoms with Crippen molar-refractivity contribution >= 4 is 47.2 Å². The van der Waals surface area contributed by atoms with Gasteiger partial charge in [-0.2, -0.15) is 0 Å². The molecule has 0 unspecified atom stereocenters. The topological polar surface area (TPSA) is 92.2 Å². The highest BCUT2D eigenvalue weighted by Crippen LogP contribution is 2.27. The molecular formula is C24H23N3O3S2.